The van der Waals surface area contributed by atoms with E-state index in [1.807, 2.05) is 18.2 Å². The molecule has 0 fully saturated rings. The SMILES string of the molecule is COC1(O)C(=O)c2ccccc2OC1c1ccccc1. The Morgan fingerprint density at radius 2 is 1.75 bits per heavy atom. The first-order chi connectivity index (χ1) is 9.66. The monoisotopic (exact) mass is 270 g/mol. The number of hydrogen-bond donors (Lipinski definition) is 1. The number of Topliss-reactive ketones (excluding diaryl/α,β-unsaturated/α-hetero) is 1. The van der Waals surface area contributed by atoms with Crippen LogP contribution in [-0.4, -0.2) is 23.8 Å². The fourth-order valence-corrected chi connectivity index (χ4v) is 2.40. The smallest absolute Gasteiger partial charge is 0.273 e. The van der Waals surface area contributed by atoms with E-state index in [-0.39, 0.29) is 0 Å². The van der Waals surface area contributed by atoms with Crippen molar-refractivity contribution < 1.29 is 19.4 Å². The molecular weight excluding hydrogens is 256 g/mol. The molecule has 2 aromatic carbocycles. The van der Waals surface area contributed by atoms with Gasteiger partial charge in [-0.2, -0.15) is 0 Å². The molecule has 2 aromatic rings. The molecule has 0 aromatic heterocycles. The molecule has 0 amide bonds. The fraction of sp³-hybridized carbons (Fsp3) is 0.188. The highest BCUT2D eigenvalue weighted by atomic mass is 16.7. The lowest BCUT2D eigenvalue weighted by Crippen LogP contribution is -2.51. The van der Waals surface area contributed by atoms with Crippen LogP contribution in [-0.2, 0) is 4.74 Å². The van der Waals surface area contributed by atoms with Crippen LogP contribution in [0.1, 0.15) is 22.0 Å². The van der Waals surface area contributed by atoms with Crippen LogP contribution < -0.4 is 4.74 Å². The largest absolute Gasteiger partial charge is 0.479 e. The molecule has 1 aliphatic rings. The number of fused-ring (bicyclic) bond motifs is 1. The van der Waals surface area contributed by atoms with Gasteiger partial charge in [0, 0.05) is 7.11 Å². The second-order valence-corrected chi connectivity index (χ2v) is 4.63. The van der Waals surface area contributed by atoms with E-state index in [9.17, 15) is 9.90 Å². The molecule has 1 heterocycles. The predicted octanol–water partition coefficient (Wildman–Crippen LogP) is 2.34. The Morgan fingerprint density at radius 3 is 2.45 bits per heavy atom. The van der Waals surface area contributed by atoms with E-state index < -0.39 is 17.7 Å². The van der Waals surface area contributed by atoms with Gasteiger partial charge < -0.3 is 14.6 Å². The molecule has 3 rings (SSSR count). The van der Waals surface area contributed by atoms with E-state index >= 15 is 0 Å². The zero-order valence-corrected chi connectivity index (χ0v) is 10.9. The number of rotatable bonds is 2. The van der Waals surface area contributed by atoms with Gasteiger partial charge in [-0.25, -0.2) is 0 Å². The van der Waals surface area contributed by atoms with Crippen molar-refractivity contribution >= 4 is 5.78 Å². The van der Waals surface area contributed by atoms with Gasteiger partial charge in [0.15, 0.2) is 6.10 Å². The number of ether oxygens (including phenoxy) is 2. The van der Waals surface area contributed by atoms with Crippen molar-refractivity contribution in [3.63, 3.8) is 0 Å². The van der Waals surface area contributed by atoms with Gasteiger partial charge in [0.05, 0.1) is 5.56 Å². The van der Waals surface area contributed by atoms with Crippen molar-refractivity contribution in [3.8, 4) is 5.75 Å². The van der Waals surface area contributed by atoms with E-state index in [0.717, 1.165) is 0 Å². The Morgan fingerprint density at radius 1 is 1.10 bits per heavy atom. The fourth-order valence-electron chi connectivity index (χ4n) is 2.40. The Bertz CT molecular complexity index is 638. The molecule has 0 bridgehead atoms. The van der Waals surface area contributed by atoms with Crippen LogP contribution in [0.15, 0.2) is 54.6 Å². The number of hydrogen-bond acceptors (Lipinski definition) is 4. The molecule has 0 aliphatic carbocycles. The lowest BCUT2D eigenvalue weighted by Gasteiger charge is -2.38. The van der Waals surface area contributed by atoms with Crippen molar-refractivity contribution in [2.24, 2.45) is 0 Å². The lowest BCUT2D eigenvalue weighted by atomic mass is 9.90. The van der Waals surface area contributed by atoms with Gasteiger partial charge in [0.1, 0.15) is 5.75 Å². The molecule has 0 spiro atoms. The summed E-state index contributed by atoms with van der Waals surface area (Å²) in [6, 6.07) is 15.9. The molecule has 0 saturated heterocycles. The van der Waals surface area contributed by atoms with Gasteiger partial charge in [0.25, 0.3) is 5.79 Å². The highest BCUT2D eigenvalue weighted by Crippen LogP contribution is 2.41. The van der Waals surface area contributed by atoms with Crippen molar-refractivity contribution in [3.05, 3.63) is 65.7 Å². The summed E-state index contributed by atoms with van der Waals surface area (Å²) in [5.41, 5.74) is 1.00. The Kier molecular flexibility index (Phi) is 3.04. The Balaban J connectivity index is 2.14. The Labute approximate surface area is 116 Å². The number of para-hydroxylation sites is 1. The van der Waals surface area contributed by atoms with E-state index in [1.54, 1.807) is 36.4 Å². The summed E-state index contributed by atoms with van der Waals surface area (Å²) in [6.07, 6.45) is -0.892. The summed E-state index contributed by atoms with van der Waals surface area (Å²) in [5, 5.41) is 10.6. The number of benzene rings is 2. The van der Waals surface area contributed by atoms with Crippen LogP contribution in [0, 0.1) is 0 Å². The van der Waals surface area contributed by atoms with Gasteiger partial charge in [0.2, 0.25) is 5.78 Å². The summed E-state index contributed by atoms with van der Waals surface area (Å²) in [4.78, 5) is 12.5. The number of ketones is 1. The third kappa shape index (κ3) is 1.81. The maximum absolute atomic E-state index is 12.5. The zero-order chi connectivity index (χ0) is 14.2. The first-order valence-corrected chi connectivity index (χ1v) is 6.30. The highest BCUT2D eigenvalue weighted by Gasteiger charge is 2.51. The van der Waals surface area contributed by atoms with E-state index in [4.69, 9.17) is 9.47 Å². The molecule has 4 nitrogen and oxygen atoms in total. The molecule has 1 aliphatic heterocycles. The number of aliphatic hydroxyl groups is 1. The summed E-state index contributed by atoms with van der Waals surface area (Å²) in [7, 11) is 1.30. The van der Waals surface area contributed by atoms with Crippen LogP contribution >= 0.6 is 0 Å². The van der Waals surface area contributed by atoms with Gasteiger partial charge in [-0.15, -0.1) is 0 Å². The van der Waals surface area contributed by atoms with Gasteiger partial charge >= 0.3 is 0 Å². The second-order valence-electron chi connectivity index (χ2n) is 4.63. The van der Waals surface area contributed by atoms with Gasteiger partial charge in [-0.3, -0.25) is 4.79 Å². The molecule has 0 radical (unpaired) electrons. The molecule has 20 heavy (non-hydrogen) atoms. The molecule has 0 saturated carbocycles. The van der Waals surface area contributed by atoms with Crippen molar-refractivity contribution in [2.75, 3.05) is 7.11 Å². The molecule has 2 unspecified atom stereocenters. The van der Waals surface area contributed by atoms with E-state index in [2.05, 4.69) is 0 Å². The molecular formula is C16H14O4. The summed E-state index contributed by atoms with van der Waals surface area (Å²) < 4.78 is 10.9. The van der Waals surface area contributed by atoms with Gasteiger partial charge in [-0.05, 0) is 17.7 Å². The number of methoxy groups -OCH3 is 1. The molecule has 102 valence electrons. The van der Waals surface area contributed by atoms with E-state index in [0.29, 0.717) is 16.9 Å². The summed E-state index contributed by atoms with van der Waals surface area (Å²) >= 11 is 0. The molecule has 1 N–H and O–H groups in total. The van der Waals surface area contributed by atoms with Crippen LogP contribution in [0.25, 0.3) is 0 Å². The minimum atomic E-state index is -2.02. The van der Waals surface area contributed by atoms with Crippen LogP contribution in [0.5, 0.6) is 5.75 Å². The highest BCUT2D eigenvalue weighted by molar-refractivity contribution is 6.05. The first kappa shape index (κ1) is 12.8. The number of carbonyl (C=O) groups excluding carboxylic acids is 1. The lowest BCUT2D eigenvalue weighted by molar-refractivity contribution is -0.205. The third-order valence-electron chi connectivity index (χ3n) is 3.47. The molecule has 2 atom stereocenters. The van der Waals surface area contributed by atoms with Crippen LogP contribution in [0.2, 0.25) is 0 Å². The minimum Gasteiger partial charge on any atom is -0.479 e. The molecule has 4 heteroatoms. The maximum atomic E-state index is 12.5. The zero-order valence-electron chi connectivity index (χ0n) is 10.9. The number of carbonyl (C=O) groups is 1. The van der Waals surface area contributed by atoms with Crippen molar-refractivity contribution in [1.82, 2.24) is 0 Å². The minimum absolute atomic E-state index is 0.323. The Hall–Kier alpha value is -2.17. The van der Waals surface area contributed by atoms with E-state index in [1.165, 1.54) is 7.11 Å². The maximum Gasteiger partial charge on any atom is 0.273 e. The topological polar surface area (TPSA) is 55.8 Å². The van der Waals surface area contributed by atoms with Crippen molar-refractivity contribution in [2.45, 2.75) is 11.9 Å². The average Bonchev–Trinajstić information content (AvgIpc) is 2.52. The van der Waals surface area contributed by atoms with Crippen LogP contribution in [0.3, 0.4) is 0 Å². The summed E-state index contributed by atoms with van der Waals surface area (Å²) in [5.74, 6) is -2.06. The van der Waals surface area contributed by atoms with Crippen LogP contribution in [0.4, 0.5) is 0 Å². The van der Waals surface area contributed by atoms with Crippen molar-refractivity contribution in [1.29, 1.82) is 0 Å². The third-order valence-corrected chi connectivity index (χ3v) is 3.47. The second kappa shape index (κ2) is 4.74. The first-order valence-electron chi connectivity index (χ1n) is 6.30. The normalized spacial score (nSPS) is 24.9. The summed E-state index contributed by atoms with van der Waals surface area (Å²) in [6.45, 7) is 0. The standard InChI is InChI=1S/C16H14O4/c1-19-16(18)14(17)12-9-5-6-10-13(12)20-15(16)11-7-3-2-4-8-11/h2-10,15,18H,1H3. The predicted molar refractivity (Wildman–Crippen MR) is 72.5 cm³/mol. The van der Waals surface area contributed by atoms with Gasteiger partial charge in [-0.1, -0.05) is 42.5 Å². The average molecular weight is 270 g/mol. The quantitative estimate of drug-likeness (QED) is 0.851.